The van der Waals surface area contributed by atoms with E-state index in [-0.39, 0.29) is 5.91 Å². The van der Waals surface area contributed by atoms with Crippen molar-refractivity contribution in [3.8, 4) is 0 Å². The lowest BCUT2D eigenvalue weighted by Crippen LogP contribution is -2.13. The third-order valence-electron chi connectivity index (χ3n) is 2.62. The monoisotopic (exact) mass is 357 g/mol. The van der Waals surface area contributed by atoms with Gasteiger partial charge in [-0.15, -0.1) is 0 Å². The number of carbonyl (C=O) groups is 1. The second-order valence-corrected chi connectivity index (χ2v) is 5.76. The van der Waals surface area contributed by atoms with E-state index < -0.39 is 0 Å². The molecule has 2 aromatic rings. The molecule has 2 rings (SSSR count). The van der Waals surface area contributed by atoms with Crippen molar-refractivity contribution >= 4 is 50.7 Å². The van der Waals surface area contributed by atoms with Crippen LogP contribution in [0.4, 0.5) is 5.69 Å². The molecule has 0 aliphatic rings. The molecular formula is C14H10BrCl2NO. The Labute approximate surface area is 129 Å². The second-order valence-electron chi connectivity index (χ2n) is 4.04. The molecule has 2 nitrogen and oxygen atoms in total. The quantitative estimate of drug-likeness (QED) is 0.773. The number of rotatable bonds is 2. The molecule has 0 fully saturated rings. The Morgan fingerprint density at radius 1 is 1.11 bits per heavy atom. The molecule has 0 saturated carbocycles. The fourth-order valence-electron chi connectivity index (χ4n) is 1.59. The number of amides is 1. The summed E-state index contributed by atoms with van der Waals surface area (Å²) < 4.78 is 0.689. The number of aryl methyl sites for hydroxylation is 1. The minimum atomic E-state index is -0.236. The zero-order valence-corrected chi connectivity index (χ0v) is 13.1. The minimum absolute atomic E-state index is 0.236. The summed E-state index contributed by atoms with van der Waals surface area (Å²) in [6.07, 6.45) is 0. The van der Waals surface area contributed by atoms with Gasteiger partial charge in [0.15, 0.2) is 0 Å². The van der Waals surface area contributed by atoms with Gasteiger partial charge < -0.3 is 5.32 Å². The van der Waals surface area contributed by atoms with Crippen LogP contribution in [0.25, 0.3) is 0 Å². The van der Waals surface area contributed by atoms with E-state index in [1.165, 1.54) is 0 Å². The molecule has 5 heteroatoms. The summed E-state index contributed by atoms with van der Waals surface area (Å²) in [7, 11) is 0. The molecule has 19 heavy (non-hydrogen) atoms. The molecule has 0 unspecified atom stereocenters. The average Bonchev–Trinajstić information content (AvgIpc) is 2.36. The molecule has 1 N–H and O–H groups in total. The Hall–Kier alpha value is -1.03. The van der Waals surface area contributed by atoms with Crippen LogP contribution in [-0.4, -0.2) is 5.91 Å². The van der Waals surface area contributed by atoms with E-state index in [9.17, 15) is 4.79 Å². The lowest BCUT2D eigenvalue weighted by molar-refractivity contribution is 0.102. The molecule has 1 amide bonds. The summed E-state index contributed by atoms with van der Waals surface area (Å²) in [6.45, 7) is 1.90. The zero-order chi connectivity index (χ0) is 14.0. The lowest BCUT2D eigenvalue weighted by Gasteiger charge is -2.10. The summed E-state index contributed by atoms with van der Waals surface area (Å²) in [5, 5.41) is 3.91. The van der Waals surface area contributed by atoms with Crippen molar-refractivity contribution in [1.82, 2.24) is 0 Å². The highest BCUT2D eigenvalue weighted by Gasteiger charge is 2.12. The lowest BCUT2D eigenvalue weighted by atomic mass is 10.1. The molecule has 0 atom stereocenters. The van der Waals surface area contributed by atoms with E-state index in [1.54, 1.807) is 30.3 Å². The molecule has 0 aliphatic carbocycles. The number of carbonyl (C=O) groups excluding carboxylic acids is 1. The third kappa shape index (κ3) is 3.50. The van der Waals surface area contributed by atoms with Crippen LogP contribution in [0.5, 0.6) is 0 Å². The van der Waals surface area contributed by atoms with E-state index in [0.29, 0.717) is 25.8 Å². The fraction of sp³-hybridized carbons (Fsp3) is 0.0714. The first-order valence-corrected chi connectivity index (χ1v) is 7.05. The summed E-state index contributed by atoms with van der Waals surface area (Å²) in [5.41, 5.74) is 2.10. The van der Waals surface area contributed by atoms with Gasteiger partial charge in [-0.25, -0.2) is 0 Å². The maximum atomic E-state index is 12.2. The number of anilines is 1. The Morgan fingerprint density at radius 3 is 2.47 bits per heavy atom. The van der Waals surface area contributed by atoms with Gasteiger partial charge in [0.05, 0.1) is 5.56 Å². The first-order chi connectivity index (χ1) is 8.97. The molecule has 0 spiro atoms. The van der Waals surface area contributed by atoms with Crippen molar-refractivity contribution < 1.29 is 4.79 Å². The largest absolute Gasteiger partial charge is 0.322 e. The average molecular weight is 359 g/mol. The maximum Gasteiger partial charge on any atom is 0.256 e. The van der Waals surface area contributed by atoms with E-state index >= 15 is 0 Å². The number of hydrogen-bond acceptors (Lipinski definition) is 1. The number of halogens is 3. The Bertz CT molecular complexity index is 643. The molecule has 0 aromatic heterocycles. The van der Waals surface area contributed by atoms with Crippen LogP contribution in [0.15, 0.2) is 40.9 Å². The summed E-state index contributed by atoms with van der Waals surface area (Å²) in [5.74, 6) is -0.236. The highest BCUT2D eigenvalue weighted by molar-refractivity contribution is 9.10. The van der Waals surface area contributed by atoms with Gasteiger partial charge in [-0.2, -0.15) is 0 Å². The topological polar surface area (TPSA) is 29.1 Å². The van der Waals surface area contributed by atoms with Gasteiger partial charge in [-0.1, -0.05) is 29.3 Å². The molecule has 0 heterocycles. The Balaban J connectivity index is 2.30. The molecular weight excluding hydrogens is 349 g/mol. The fourth-order valence-corrected chi connectivity index (χ4v) is 2.36. The normalized spacial score (nSPS) is 10.3. The van der Waals surface area contributed by atoms with Gasteiger partial charge in [0.2, 0.25) is 0 Å². The molecule has 0 radical (unpaired) electrons. The van der Waals surface area contributed by atoms with E-state index in [0.717, 1.165) is 5.56 Å². The van der Waals surface area contributed by atoms with Gasteiger partial charge in [0, 0.05) is 20.2 Å². The predicted molar refractivity (Wildman–Crippen MR) is 83.3 cm³/mol. The first kappa shape index (κ1) is 14.4. The van der Waals surface area contributed by atoms with Crippen molar-refractivity contribution in [3.05, 3.63) is 62.0 Å². The van der Waals surface area contributed by atoms with Gasteiger partial charge in [0.1, 0.15) is 0 Å². The van der Waals surface area contributed by atoms with Crippen LogP contribution in [0, 0.1) is 6.92 Å². The number of benzene rings is 2. The van der Waals surface area contributed by atoms with Crippen molar-refractivity contribution in [2.45, 2.75) is 6.92 Å². The van der Waals surface area contributed by atoms with Crippen molar-refractivity contribution in [1.29, 1.82) is 0 Å². The smallest absolute Gasteiger partial charge is 0.256 e. The van der Waals surface area contributed by atoms with E-state index in [2.05, 4.69) is 21.2 Å². The van der Waals surface area contributed by atoms with Crippen LogP contribution in [-0.2, 0) is 0 Å². The highest BCUT2D eigenvalue weighted by atomic mass is 79.9. The van der Waals surface area contributed by atoms with Crippen molar-refractivity contribution in [2.75, 3.05) is 5.32 Å². The molecule has 98 valence electrons. The highest BCUT2D eigenvalue weighted by Crippen LogP contribution is 2.24. The number of nitrogens with one attached hydrogen (secondary N) is 1. The van der Waals surface area contributed by atoms with Crippen LogP contribution in [0.3, 0.4) is 0 Å². The van der Waals surface area contributed by atoms with Gasteiger partial charge in [-0.3, -0.25) is 4.79 Å². The first-order valence-electron chi connectivity index (χ1n) is 5.50. The van der Waals surface area contributed by atoms with Crippen LogP contribution in [0.1, 0.15) is 15.9 Å². The predicted octanol–water partition coefficient (Wildman–Crippen LogP) is 5.32. The van der Waals surface area contributed by atoms with E-state index in [1.807, 2.05) is 13.0 Å². The Morgan fingerprint density at radius 2 is 1.74 bits per heavy atom. The molecule has 0 bridgehead atoms. The number of hydrogen-bond donors (Lipinski definition) is 1. The van der Waals surface area contributed by atoms with Gasteiger partial charge in [0.25, 0.3) is 5.91 Å². The Kier molecular flexibility index (Phi) is 4.50. The van der Waals surface area contributed by atoms with Crippen LogP contribution in [0.2, 0.25) is 10.0 Å². The van der Waals surface area contributed by atoms with Crippen LogP contribution < -0.4 is 5.32 Å². The second kappa shape index (κ2) is 5.95. The molecule has 0 aliphatic heterocycles. The van der Waals surface area contributed by atoms with Gasteiger partial charge in [-0.05, 0) is 58.7 Å². The maximum absolute atomic E-state index is 12.2. The minimum Gasteiger partial charge on any atom is -0.322 e. The zero-order valence-electron chi connectivity index (χ0n) is 10.0. The SMILES string of the molecule is Cc1ccc(Cl)cc1NC(=O)c1cc(Cl)ccc1Br. The summed E-state index contributed by atoms with van der Waals surface area (Å²) in [4.78, 5) is 12.2. The molecule has 2 aromatic carbocycles. The van der Waals surface area contributed by atoms with E-state index in [4.69, 9.17) is 23.2 Å². The summed E-state index contributed by atoms with van der Waals surface area (Å²) >= 11 is 15.2. The molecule has 0 saturated heterocycles. The van der Waals surface area contributed by atoms with Crippen molar-refractivity contribution in [3.63, 3.8) is 0 Å². The third-order valence-corrected chi connectivity index (χ3v) is 3.78. The summed E-state index contributed by atoms with van der Waals surface area (Å²) in [6, 6.07) is 10.4. The van der Waals surface area contributed by atoms with Gasteiger partial charge >= 0.3 is 0 Å². The van der Waals surface area contributed by atoms with Crippen LogP contribution >= 0.6 is 39.1 Å². The van der Waals surface area contributed by atoms with Crippen molar-refractivity contribution in [2.24, 2.45) is 0 Å². The standard InChI is InChI=1S/C14H10BrCl2NO/c1-8-2-3-10(17)7-13(8)18-14(19)11-6-9(16)4-5-12(11)15/h2-7H,1H3,(H,18,19).